The molecule has 0 saturated carbocycles. The van der Waals surface area contributed by atoms with Gasteiger partial charge in [-0.3, -0.25) is 14.6 Å². The number of benzene rings is 2. The maximum absolute atomic E-state index is 13.2. The number of halogens is 1. The first kappa shape index (κ1) is 33.6. The SMILES string of the molecule is COC(=O)c1c2c3ccc(Cl)c(c3n1C)/C=C1\CCCN1/N=C/CN(C)Cc1cc(n(C)n1)CSc1cc3c(c(c1)OCCC2)NCCC3. The predicted molar refractivity (Wildman–Crippen MR) is 198 cm³/mol. The van der Waals surface area contributed by atoms with Gasteiger partial charge in [-0.25, -0.2) is 4.79 Å². The van der Waals surface area contributed by atoms with Crippen LogP contribution in [0.15, 0.2) is 46.0 Å². The van der Waals surface area contributed by atoms with Gasteiger partial charge in [-0.1, -0.05) is 17.7 Å². The van der Waals surface area contributed by atoms with E-state index in [-0.39, 0.29) is 5.97 Å². The summed E-state index contributed by atoms with van der Waals surface area (Å²) < 4.78 is 15.8. The molecule has 0 aliphatic carbocycles. The maximum Gasteiger partial charge on any atom is 0.354 e. The Hall–Kier alpha value is -3.93. The van der Waals surface area contributed by atoms with Crippen molar-refractivity contribution < 1.29 is 14.3 Å². The highest BCUT2D eigenvalue weighted by atomic mass is 35.5. The standard InChI is InChI=1S/C37H44ClN7O3S/c1-42-16-14-40-45-15-6-9-26(45)20-31-32(38)12-11-30-29(36(37(46)47-4)43(2)35(30)31)10-7-17-48-33-21-28(18-24-8-5-13-39-34(24)33)49-23-27-19-25(22-42)41-44(27)3/h11-12,14,18-21,39H,5-10,13,15-17,22-23H2,1-4H3/b26-20+,40-14+. The van der Waals surface area contributed by atoms with Crippen LogP contribution in [0.2, 0.25) is 5.02 Å². The number of carbonyl (C=O) groups is 1. The highest BCUT2D eigenvalue weighted by Gasteiger charge is 2.25. The second-order valence-electron chi connectivity index (χ2n) is 13.1. The van der Waals surface area contributed by atoms with Crippen molar-refractivity contribution in [1.82, 2.24) is 24.3 Å². The van der Waals surface area contributed by atoms with Gasteiger partial charge >= 0.3 is 5.97 Å². The van der Waals surface area contributed by atoms with Crippen LogP contribution in [-0.4, -0.2) is 76.8 Å². The number of aryl methyl sites for hydroxylation is 4. The van der Waals surface area contributed by atoms with Crippen LogP contribution in [0.3, 0.4) is 0 Å². The Bertz CT molecular complexity index is 1950. The fourth-order valence-corrected chi connectivity index (χ4v) is 8.43. The van der Waals surface area contributed by atoms with E-state index < -0.39 is 0 Å². The van der Waals surface area contributed by atoms with Crippen LogP contribution in [0.5, 0.6) is 5.75 Å². The summed E-state index contributed by atoms with van der Waals surface area (Å²) in [5, 5.41) is 17.0. The average molecular weight is 702 g/mol. The summed E-state index contributed by atoms with van der Waals surface area (Å²) in [5.74, 6) is 1.34. The summed E-state index contributed by atoms with van der Waals surface area (Å²) in [7, 11) is 7.47. The van der Waals surface area contributed by atoms with Gasteiger partial charge in [0.25, 0.3) is 0 Å². The summed E-state index contributed by atoms with van der Waals surface area (Å²) >= 11 is 8.72. The molecule has 0 radical (unpaired) electrons. The second kappa shape index (κ2) is 14.5. The first-order valence-corrected chi connectivity index (χ1v) is 18.4. The summed E-state index contributed by atoms with van der Waals surface area (Å²) in [6.07, 6.45) is 9.51. The highest BCUT2D eigenvalue weighted by molar-refractivity contribution is 7.98. The first-order valence-electron chi connectivity index (χ1n) is 17.1. The number of carbonyl (C=O) groups excluding carboxylic acids is 1. The Morgan fingerprint density at radius 3 is 2.82 bits per heavy atom. The maximum atomic E-state index is 13.2. The molecular formula is C37H44ClN7O3S. The number of rotatable bonds is 1. The third kappa shape index (κ3) is 6.93. The molecule has 49 heavy (non-hydrogen) atoms. The fraction of sp³-hybridized carbons (Fsp3) is 0.432. The molecule has 8 bridgehead atoms. The Balaban J connectivity index is 1.27. The summed E-state index contributed by atoms with van der Waals surface area (Å²) in [6, 6.07) is 10.6. The zero-order valence-corrected chi connectivity index (χ0v) is 30.3. The molecule has 0 amide bonds. The molecule has 0 unspecified atom stereocenters. The number of hydrazone groups is 1. The van der Waals surface area contributed by atoms with E-state index in [4.69, 9.17) is 31.3 Å². The number of hydrogen-bond donors (Lipinski definition) is 1. The molecule has 5 heterocycles. The highest BCUT2D eigenvalue weighted by Crippen LogP contribution is 2.39. The Labute approximate surface area is 297 Å². The van der Waals surface area contributed by atoms with E-state index in [1.165, 1.54) is 23.3 Å². The van der Waals surface area contributed by atoms with Crippen LogP contribution in [0, 0.1) is 0 Å². The van der Waals surface area contributed by atoms with E-state index in [9.17, 15) is 4.79 Å². The van der Waals surface area contributed by atoms with Crippen molar-refractivity contribution >= 4 is 58.2 Å². The van der Waals surface area contributed by atoms with Crippen molar-refractivity contribution in [3.63, 3.8) is 0 Å². The zero-order valence-electron chi connectivity index (χ0n) is 28.7. The lowest BCUT2D eigenvalue weighted by Crippen LogP contribution is -2.21. The van der Waals surface area contributed by atoms with Crippen LogP contribution in [0.25, 0.3) is 17.0 Å². The predicted octanol–water partition coefficient (Wildman–Crippen LogP) is 6.88. The van der Waals surface area contributed by atoms with Gasteiger partial charge in [-0.15, -0.1) is 11.8 Å². The van der Waals surface area contributed by atoms with E-state index in [0.717, 1.165) is 102 Å². The molecule has 3 aliphatic heterocycles. The minimum Gasteiger partial charge on any atom is -0.491 e. The third-order valence-electron chi connectivity index (χ3n) is 9.64. The first-order chi connectivity index (χ1) is 23.8. The monoisotopic (exact) mass is 701 g/mol. The second-order valence-corrected chi connectivity index (χ2v) is 14.5. The van der Waals surface area contributed by atoms with Crippen LogP contribution < -0.4 is 10.1 Å². The number of hydrogen-bond acceptors (Lipinski definition) is 9. The lowest BCUT2D eigenvalue weighted by Gasteiger charge is -2.22. The van der Waals surface area contributed by atoms with Crippen molar-refractivity contribution in [3.05, 3.63) is 74.8 Å². The molecule has 0 atom stereocenters. The molecule has 0 spiro atoms. The van der Waals surface area contributed by atoms with E-state index in [0.29, 0.717) is 30.3 Å². The smallest absolute Gasteiger partial charge is 0.354 e. The molecule has 1 fully saturated rings. The van der Waals surface area contributed by atoms with Gasteiger partial charge in [-0.2, -0.15) is 10.2 Å². The van der Waals surface area contributed by atoms with Crippen LogP contribution >= 0.6 is 23.4 Å². The number of nitrogens with zero attached hydrogens (tertiary/aromatic N) is 6. The van der Waals surface area contributed by atoms with E-state index >= 15 is 0 Å². The van der Waals surface area contributed by atoms with Crippen LogP contribution in [0.1, 0.15) is 64.2 Å². The molecule has 3 aliphatic rings. The molecule has 12 heteroatoms. The van der Waals surface area contributed by atoms with Gasteiger partial charge in [0.05, 0.1) is 30.6 Å². The Morgan fingerprint density at radius 2 is 1.96 bits per heavy atom. The molecule has 1 saturated heterocycles. The number of methoxy groups -OCH3 is 1. The molecular weight excluding hydrogens is 658 g/mol. The molecule has 10 nitrogen and oxygen atoms in total. The number of allylic oxidation sites excluding steroid dienone is 1. The Kier molecular flexibility index (Phi) is 9.94. The van der Waals surface area contributed by atoms with E-state index in [2.05, 4.69) is 46.5 Å². The number of fused-ring (bicyclic) bond motifs is 7. The normalized spacial score (nSPS) is 19.3. The number of aromatic nitrogens is 3. The summed E-state index contributed by atoms with van der Waals surface area (Å²) in [5.41, 5.74) is 9.01. The van der Waals surface area contributed by atoms with E-state index in [1.807, 2.05) is 53.5 Å². The van der Waals surface area contributed by atoms with Crippen molar-refractivity contribution in [1.29, 1.82) is 0 Å². The van der Waals surface area contributed by atoms with Crippen molar-refractivity contribution in [2.45, 2.75) is 55.7 Å². The van der Waals surface area contributed by atoms with Crippen molar-refractivity contribution in [2.24, 2.45) is 19.2 Å². The van der Waals surface area contributed by atoms with Gasteiger partial charge in [0.2, 0.25) is 0 Å². The number of esters is 1. The minimum absolute atomic E-state index is 0.360. The molecule has 1 N–H and O–H groups in total. The minimum atomic E-state index is -0.360. The molecule has 2 aromatic carbocycles. The summed E-state index contributed by atoms with van der Waals surface area (Å²) in [4.78, 5) is 16.7. The van der Waals surface area contributed by atoms with Gasteiger partial charge in [-0.05, 0) is 87.0 Å². The molecule has 258 valence electrons. The number of nitrogens with one attached hydrogen (secondary N) is 1. The van der Waals surface area contributed by atoms with E-state index in [1.54, 1.807) is 0 Å². The molecule has 2 aromatic heterocycles. The summed E-state index contributed by atoms with van der Waals surface area (Å²) in [6.45, 7) is 3.70. The van der Waals surface area contributed by atoms with Gasteiger partial charge in [0.15, 0.2) is 0 Å². The number of thioether (sulfide) groups is 1. The third-order valence-corrected chi connectivity index (χ3v) is 11.0. The Morgan fingerprint density at radius 1 is 1.08 bits per heavy atom. The van der Waals surface area contributed by atoms with Gasteiger partial charge in [0, 0.05) is 84.5 Å². The van der Waals surface area contributed by atoms with Gasteiger partial charge < -0.3 is 19.4 Å². The lowest BCUT2D eigenvalue weighted by atomic mass is 10.0. The quantitative estimate of drug-likeness (QED) is 0.215. The topological polar surface area (TPSA) is 89.2 Å². The average Bonchev–Trinajstić information content (AvgIpc) is 3.77. The van der Waals surface area contributed by atoms with Crippen molar-refractivity contribution in [2.75, 3.05) is 45.7 Å². The molecule has 7 rings (SSSR count). The largest absolute Gasteiger partial charge is 0.491 e. The lowest BCUT2D eigenvalue weighted by molar-refractivity contribution is 0.0589. The van der Waals surface area contributed by atoms with Crippen LogP contribution in [0.4, 0.5) is 5.69 Å². The zero-order chi connectivity index (χ0) is 34.1. The van der Waals surface area contributed by atoms with Crippen LogP contribution in [-0.2, 0) is 44.0 Å². The number of ether oxygens (including phenoxy) is 2. The fourth-order valence-electron chi connectivity index (χ4n) is 7.23. The molecule has 4 aromatic rings. The number of anilines is 1. The van der Waals surface area contributed by atoms with Gasteiger partial charge in [0.1, 0.15) is 11.4 Å². The van der Waals surface area contributed by atoms with Crippen molar-refractivity contribution in [3.8, 4) is 5.75 Å².